The smallest absolute Gasteiger partial charge is 0.338 e. The summed E-state index contributed by atoms with van der Waals surface area (Å²) in [5.41, 5.74) is 3.16. The molecule has 0 unspecified atom stereocenters. The summed E-state index contributed by atoms with van der Waals surface area (Å²) in [7, 11) is 2.84. The lowest BCUT2D eigenvalue weighted by Crippen LogP contribution is -2.40. The fourth-order valence-corrected chi connectivity index (χ4v) is 6.41. The maximum absolute atomic E-state index is 14.2. The number of hydrogen-bond donors (Lipinski definition) is 0. The molecule has 0 radical (unpaired) electrons. The van der Waals surface area contributed by atoms with Gasteiger partial charge < -0.3 is 14.4 Å². The minimum atomic E-state index is -0.818. The Morgan fingerprint density at radius 3 is 2.39 bits per heavy atom. The van der Waals surface area contributed by atoms with Crippen molar-refractivity contribution in [2.75, 3.05) is 19.1 Å². The van der Waals surface area contributed by atoms with Crippen molar-refractivity contribution in [1.29, 1.82) is 0 Å². The van der Waals surface area contributed by atoms with Gasteiger partial charge in [-0.05, 0) is 48.4 Å². The fraction of sp³-hybridized carbons (Fsp3) is 0.161. The Balaban J connectivity index is 1.56. The van der Waals surface area contributed by atoms with Crippen molar-refractivity contribution in [2.45, 2.75) is 19.5 Å². The van der Waals surface area contributed by atoms with E-state index in [9.17, 15) is 18.8 Å². The number of amides is 1. The van der Waals surface area contributed by atoms with E-state index >= 15 is 0 Å². The maximum Gasteiger partial charge on any atom is 0.338 e. The number of nitrogens with zero attached hydrogens (tertiary/aromatic N) is 3. The van der Waals surface area contributed by atoms with E-state index in [0.29, 0.717) is 33.1 Å². The summed E-state index contributed by atoms with van der Waals surface area (Å²) in [4.78, 5) is 47.7. The van der Waals surface area contributed by atoms with E-state index in [1.165, 1.54) is 23.8 Å². The molecule has 41 heavy (non-hydrogen) atoms. The van der Waals surface area contributed by atoms with Crippen LogP contribution >= 0.6 is 11.3 Å². The molecule has 6 rings (SSSR count). The number of thiazole rings is 1. The number of halogens is 1. The minimum Gasteiger partial charge on any atom is -0.497 e. The number of allylic oxidation sites excluding steroid dienone is 1. The van der Waals surface area contributed by atoms with Crippen molar-refractivity contribution in [3.8, 4) is 5.75 Å². The summed E-state index contributed by atoms with van der Waals surface area (Å²) in [6.45, 7) is 1.90. The molecule has 0 N–H and O–H groups in total. The Morgan fingerprint density at radius 2 is 1.71 bits per heavy atom. The van der Waals surface area contributed by atoms with Crippen LogP contribution in [0, 0.1) is 5.82 Å². The lowest BCUT2D eigenvalue weighted by molar-refractivity contribution is -0.136. The van der Waals surface area contributed by atoms with Crippen LogP contribution in [0.2, 0.25) is 0 Å². The number of ether oxygens (including phenoxy) is 2. The van der Waals surface area contributed by atoms with E-state index in [4.69, 9.17) is 9.47 Å². The van der Waals surface area contributed by atoms with Crippen molar-refractivity contribution in [3.63, 3.8) is 0 Å². The van der Waals surface area contributed by atoms with Crippen LogP contribution in [0.15, 0.2) is 93.9 Å². The van der Waals surface area contributed by atoms with Gasteiger partial charge in [-0.25, -0.2) is 14.2 Å². The number of anilines is 1. The molecule has 206 valence electrons. The summed E-state index contributed by atoms with van der Waals surface area (Å²) < 4.78 is 25.5. The lowest BCUT2D eigenvalue weighted by atomic mass is 9.96. The summed E-state index contributed by atoms with van der Waals surface area (Å²) in [6.07, 6.45) is 0. The summed E-state index contributed by atoms with van der Waals surface area (Å²) in [5, 5.41) is 0. The molecule has 4 aromatic rings. The highest BCUT2D eigenvalue weighted by molar-refractivity contribution is 7.07. The van der Waals surface area contributed by atoms with Crippen molar-refractivity contribution in [2.24, 2.45) is 4.99 Å². The molecule has 0 spiro atoms. The summed E-state index contributed by atoms with van der Waals surface area (Å²) in [5.74, 6) is -0.682. The van der Waals surface area contributed by atoms with Gasteiger partial charge in [0.2, 0.25) is 0 Å². The average molecular weight is 570 g/mol. The normalized spacial score (nSPS) is 17.2. The molecular formula is C31H24FN3O5S. The van der Waals surface area contributed by atoms with E-state index in [1.54, 1.807) is 61.4 Å². The Kier molecular flexibility index (Phi) is 6.63. The molecule has 3 heterocycles. The van der Waals surface area contributed by atoms with Crippen molar-refractivity contribution >= 4 is 34.5 Å². The first kappa shape index (κ1) is 26.4. The average Bonchev–Trinajstić information content (AvgIpc) is 3.45. The third-order valence-electron chi connectivity index (χ3n) is 7.24. The Bertz CT molecular complexity index is 1920. The van der Waals surface area contributed by atoms with Gasteiger partial charge in [-0.1, -0.05) is 53.8 Å². The molecule has 2 aliphatic rings. The summed E-state index contributed by atoms with van der Waals surface area (Å²) in [6, 6.07) is 19.5. The van der Waals surface area contributed by atoms with E-state index in [2.05, 4.69) is 4.99 Å². The number of carbonyl (C=O) groups is 2. The number of rotatable bonds is 5. The molecule has 2 aliphatic heterocycles. The molecule has 8 nitrogen and oxygen atoms in total. The number of para-hydroxylation sites is 1. The molecule has 1 atom stereocenters. The second-order valence-electron chi connectivity index (χ2n) is 9.58. The Labute approximate surface area is 237 Å². The standard InChI is InChI=1S/C31H24FN3O5S/c1-17-24(30(38)40-3)26(19-10-14-21(39-2)15-11-19)35-29(37)27(41-31(35)33-17)25-22-6-4-5-7-23(22)34(28(25)36)16-18-8-12-20(32)13-9-18/h4-15,26H,16H2,1-3H3/b27-25-/t26-/m0/s1. The van der Waals surface area contributed by atoms with Crippen LogP contribution in [0.25, 0.3) is 5.57 Å². The number of benzene rings is 3. The van der Waals surface area contributed by atoms with Crippen molar-refractivity contribution in [1.82, 2.24) is 4.57 Å². The third-order valence-corrected chi connectivity index (χ3v) is 8.29. The first-order valence-electron chi connectivity index (χ1n) is 12.8. The van der Waals surface area contributed by atoms with E-state index in [-0.39, 0.29) is 33.9 Å². The van der Waals surface area contributed by atoms with E-state index in [0.717, 1.165) is 16.9 Å². The molecule has 3 aromatic carbocycles. The highest BCUT2D eigenvalue weighted by atomic mass is 32.1. The number of hydrogen-bond acceptors (Lipinski definition) is 7. The lowest BCUT2D eigenvalue weighted by Gasteiger charge is -2.24. The molecule has 0 fully saturated rings. The number of fused-ring (bicyclic) bond motifs is 2. The Hall–Kier alpha value is -4.83. The van der Waals surface area contributed by atoms with Crippen LogP contribution in [0.4, 0.5) is 10.1 Å². The largest absolute Gasteiger partial charge is 0.497 e. The van der Waals surface area contributed by atoms with Crippen LogP contribution in [0.5, 0.6) is 5.75 Å². The molecule has 0 saturated carbocycles. The van der Waals surface area contributed by atoms with E-state index in [1.807, 2.05) is 18.2 Å². The van der Waals surface area contributed by atoms with Crippen LogP contribution in [0.1, 0.15) is 29.7 Å². The van der Waals surface area contributed by atoms with E-state index < -0.39 is 17.6 Å². The van der Waals surface area contributed by atoms with Crippen LogP contribution in [-0.2, 0) is 20.9 Å². The van der Waals surface area contributed by atoms with Crippen LogP contribution in [0.3, 0.4) is 0 Å². The van der Waals surface area contributed by atoms with Gasteiger partial charge in [0.25, 0.3) is 11.5 Å². The predicted molar refractivity (Wildman–Crippen MR) is 152 cm³/mol. The molecular weight excluding hydrogens is 545 g/mol. The molecule has 0 saturated heterocycles. The number of carbonyl (C=O) groups excluding carboxylic acids is 2. The quantitative estimate of drug-likeness (QED) is 0.344. The number of esters is 1. The minimum absolute atomic E-state index is 0.206. The van der Waals surface area contributed by atoms with Gasteiger partial charge in [-0.3, -0.25) is 14.2 Å². The van der Waals surface area contributed by atoms with Gasteiger partial charge in [0, 0.05) is 5.56 Å². The SMILES string of the molecule is COC(=O)C1=C(C)N=c2s/c(=C3\C(=O)N(Cc4ccc(F)cc4)c4ccccc43)c(=O)n2[C@H]1c1ccc(OC)cc1. The Morgan fingerprint density at radius 1 is 1.00 bits per heavy atom. The molecule has 10 heteroatoms. The fourth-order valence-electron chi connectivity index (χ4n) is 5.27. The van der Waals surface area contributed by atoms with Gasteiger partial charge in [-0.2, -0.15) is 0 Å². The second-order valence-corrected chi connectivity index (χ2v) is 10.6. The maximum atomic E-state index is 14.2. The van der Waals surface area contributed by atoms with Gasteiger partial charge in [-0.15, -0.1) is 0 Å². The molecule has 1 aromatic heterocycles. The van der Waals surface area contributed by atoms with Crippen LogP contribution in [-0.4, -0.2) is 30.7 Å². The second kappa shape index (κ2) is 10.3. The molecule has 0 bridgehead atoms. The van der Waals surface area contributed by atoms with Gasteiger partial charge in [0.05, 0.1) is 49.3 Å². The van der Waals surface area contributed by atoms with Crippen molar-refractivity contribution < 1.29 is 23.5 Å². The molecule has 0 aliphatic carbocycles. The topological polar surface area (TPSA) is 90.2 Å². The van der Waals surface area contributed by atoms with Gasteiger partial charge in [0.1, 0.15) is 16.1 Å². The zero-order valence-electron chi connectivity index (χ0n) is 22.4. The van der Waals surface area contributed by atoms with Gasteiger partial charge >= 0.3 is 5.97 Å². The third kappa shape index (κ3) is 4.36. The highest BCUT2D eigenvalue weighted by Crippen LogP contribution is 2.37. The summed E-state index contributed by atoms with van der Waals surface area (Å²) >= 11 is 1.11. The van der Waals surface area contributed by atoms with Gasteiger partial charge in [0.15, 0.2) is 4.80 Å². The van der Waals surface area contributed by atoms with Crippen molar-refractivity contribution in [3.05, 3.63) is 126 Å². The predicted octanol–water partition coefficient (Wildman–Crippen LogP) is 3.47. The zero-order valence-corrected chi connectivity index (χ0v) is 23.2. The number of methoxy groups -OCH3 is 2. The molecule has 1 amide bonds. The first-order chi connectivity index (χ1) is 19.8. The number of aromatic nitrogens is 1. The highest BCUT2D eigenvalue weighted by Gasteiger charge is 2.37. The first-order valence-corrected chi connectivity index (χ1v) is 13.6. The van der Waals surface area contributed by atoms with Crippen LogP contribution < -0.4 is 24.5 Å². The zero-order chi connectivity index (χ0) is 28.8. The monoisotopic (exact) mass is 569 g/mol.